The first kappa shape index (κ1) is 9.30. The molecule has 4 nitrogen and oxygen atoms in total. The lowest BCUT2D eigenvalue weighted by atomic mass is 10.4. The highest BCUT2D eigenvalue weighted by Gasteiger charge is 2.08. The van der Waals surface area contributed by atoms with Crippen LogP contribution in [0.15, 0.2) is 18.3 Å². The van der Waals surface area contributed by atoms with Crippen molar-refractivity contribution in [3.05, 3.63) is 29.2 Å². The van der Waals surface area contributed by atoms with Crippen molar-refractivity contribution in [1.82, 2.24) is 9.38 Å². The first-order chi connectivity index (χ1) is 6.76. The van der Waals surface area contributed by atoms with Crippen molar-refractivity contribution in [1.29, 1.82) is 0 Å². The van der Waals surface area contributed by atoms with Crippen LogP contribution in [-0.4, -0.2) is 21.6 Å². The normalized spacial score (nSPS) is 10.8. The number of ether oxygens (including phenoxy) is 1. The minimum atomic E-state index is -0.164. The van der Waals surface area contributed by atoms with E-state index in [1.54, 1.807) is 29.8 Å². The van der Waals surface area contributed by atoms with E-state index in [9.17, 15) is 0 Å². The average molecular weight is 213 g/mol. The number of rotatable bonds is 2. The van der Waals surface area contributed by atoms with Crippen LogP contribution in [-0.2, 0) is 6.61 Å². The van der Waals surface area contributed by atoms with E-state index in [0.717, 1.165) is 0 Å². The number of aliphatic hydroxyl groups is 1. The van der Waals surface area contributed by atoms with Gasteiger partial charge in [-0.3, -0.25) is 4.40 Å². The van der Waals surface area contributed by atoms with Gasteiger partial charge in [0.05, 0.1) is 13.7 Å². The second-order valence-corrected chi connectivity index (χ2v) is 3.16. The molecule has 0 aliphatic rings. The van der Waals surface area contributed by atoms with Gasteiger partial charge in [-0.05, 0) is 6.07 Å². The average Bonchev–Trinajstić information content (AvgIpc) is 2.55. The van der Waals surface area contributed by atoms with Crippen molar-refractivity contribution in [2.45, 2.75) is 6.61 Å². The smallest absolute Gasteiger partial charge is 0.142 e. The highest BCUT2D eigenvalue weighted by atomic mass is 35.5. The first-order valence-electron chi connectivity index (χ1n) is 4.07. The van der Waals surface area contributed by atoms with E-state index in [4.69, 9.17) is 21.4 Å². The molecule has 2 aromatic rings. The number of pyridine rings is 1. The monoisotopic (exact) mass is 212 g/mol. The standard InChI is InChI=1S/C9H9ClN2O2/c1-14-6-2-3-12-8(4-6)11-7(5-13)9(12)10/h2-4,13H,5H2,1H3. The maximum Gasteiger partial charge on any atom is 0.142 e. The Morgan fingerprint density at radius 3 is 3.07 bits per heavy atom. The molecule has 0 saturated heterocycles. The van der Waals surface area contributed by atoms with Gasteiger partial charge in [-0.25, -0.2) is 4.98 Å². The molecule has 5 heteroatoms. The summed E-state index contributed by atoms with van der Waals surface area (Å²) in [4.78, 5) is 4.14. The molecule has 0 unspecified atom stereocenters. The molecule has 0 aromatic carbocycles. The van der Waals surface area contributed by atoms with Crippen molar-refractivity contribution >= 4 is 17.2 Å². The lowest BCUT2D eigenvalue weighted by Gasteiger charge is -1.99. The fraction of sp³-hybridized carbons (Fsp3) is 0.222. The Bertz CT molecular complexity index is 467. The Balaban J connectivity index is 2.66. The van der Waals surface area contributed by atoms with Gasteiger partial charge >= 0.3 is 0 Å². The third-order valence-corrected chi connectivity index (χ3v) is 2.39. The van der Waals surface area contributed by atoms with Gasteiger partial charge in [-0.1, -0.05) is 11.6 Å². The molecule has 2 heterocycles. The molecular formula is C9H9ClN2O2. The summed E-state index contributed by atoms with van der Waals surface area (Å²) >= 11 is 5.95. The second kappa shape index (κ2) is 3.48. The molecule has 0 saturated carbocycles. The molecule has 1 N–H and O–H groups in total. The van der Waals surface area contributed by atoms with Gasteiger partial charge in [0.25, 0.3) is 0 Å². The van der Waals surface area contributed by atoms with Gasteiger partial charge in [0, 0.05) is 12.3 Å². The molecule has 14 heavy (non-hydrogen) atoms. The molecule has 0 spiro atoms. The highest BCUT2D eigenvalue weighted by molar-refractivity contribution is 6.30. The lowest BCUT2D eigenvalue weighted by molar-refractivity contribution is 0.277. The number of imidazole rings is 1. The number of halogens is 1. The summed E-state index contributed by atoms with van der Waals surface area (Å²) in [6.45, 7) is -0.164. The third kappa shape index (κ3) is 1.32. The summed E-state index contributed by atoms with van der Waals surface area (Å²) in [5.41, 5.74) is 1.14. The fourth-order valence-electron chi connectivity index (χ4n) is 1.27. The minimum absolute atomic E-state index is 0.164. The van der Waals surface area contributed by atoms with Gasteiger partial charge in [0.15, 0.2) is 0 Å². The lowest BCUT2D eigenvalue weighted by Crippen LogP contribution is -1.87. The predicted molar refractivity (Wildman–Crippen MR) is 52.7 cm³/mol. The highest BCUT2D eigenvalue weighted by Crippen LogP contribution is 2.21. The number of hydrogen-bond donors (Lipinski definition) is 1. The van der Waals surface area contributed by atoms with Gasteiger partial charge < -0.3 is 9.84 Å². The molecule has 0 bridgehead atoms. The number of hydrogen-bond acceptors (Lipinski definition) is 3. The van der Waals surface area contributed by atoms with Gasteiger partial charge in [0.2, 0.25) is 0 Å². The van der Waals surface area contributed by atoms with Gasteiger partial charge in [0.1, 0.15) is 22.2 Å². The van der Waals surface area contributed by atoms with Crippen molar-refractivity contribution in [3.63, 3.8) is 0 Å². The van der Waals surface area contributed by atoms with Crippen LogP contribution >= 0.6 is 11.6 Å². The Morgan fingerprint density at radius 2 is 2.43 bits per heavy atom. The van der Waals surface area contributed by atoms with Crippen LogP contribution in [0.4, 0.5) is 0 Å². The molecule has 0 atom stereocenters. The summed E-state index contributed by atoms with van der Waals surface area (Å²) in [6.07, 6.45) is 1.75. The maximum absolute atomic E-state index is 8.95. The van der Waals surface area contributed by atoms with E-state index in [-0.39, 0.29) is 6.61 Å². The largest absolute Gasteiger partial charge is 0.497 e. The van der Waals surface area contributed by atoms with Crippen LogP contribution in [0.25, 0.3) is 5.65 Å². The van der Waals surface area contributed by atoms with E-state index in [2.05, 4.69) is 4.98 Å². The van der Waals surface area contributed by atoms with Crippen molar-refractivity contribution in [2.24, 2.45) is 0 Å². The summed E-state index contributed by atoms with van der Waals surface area (Å²) in [5, 5.41) is 9.39. The van der Waals surface area contributed by atoms with E-state index in [1.165, 1.54) is 0 Å². The zero-order valence-electron chi connectivity index (χ0n) is 7.57. The Morgan fingerprint density at radius 1 is 1.64 bits per heavy atom. The van der Waals surface area contributed by atoms with Crippen molar-refractivity contribution in [3.8, 4) is 5.75 Å². The zero-order chi connectivity index (χ0) is 10.1. The molecular weight excluding hydrogens is 204 g/mol. The third-order valence-electron chi connectivity index (χ3n) is 1.99. The summed E-state index contributed by atoms with van der Waals surface area (Å²) < 4.78 is 6.74. The Hall–Kier alpha value is -1.26. The minimum Gasteiger partial charge on any atom is -0.497 e. The molecule has 0 fully saturated rings. The molecule has 0 aliphatic heterocycles. The van der Waals surface area contributed by atoms with Gasteiger partial charge in [-0.2, -0.15) is 0 Å². The van der Waals surface area contributed by atoms with Crippen LogP contribution in [0.2, 0.25) is 5.15 Å². The summed E-state index contributed by atoms with van der Waals surface area (Å²) in [5.74, 6) is 0.712. The predicted octanol–water partition coefficient (Wildman–Crippen LogP) is 1.49. The van der Waals surface area contributed by atoms with E-state index in [1.807, 2.05) is 0 Å². The van der Waals surface area contributed by atoms with Crippen LogP contribution in [0.5, 0.6) is 5.75 Å². The van der Waals surface area contributed by atoms with Crippen LogP contribution in [0, 0.1) is 0 Å². The van der Waals surface area contributed by atoms with E-state index >= 15 is 0 Å². The number of aromatic nitrogens is 2. The molecule has 0 radical (unpaired) electrons. The Labute approximate surface area is 85.7 Å². The van der Waals surface area contributed by atoms with Crippen molar-refractivity contribution < 1.29 is 9.84 Å². The molecule has 74 valence electrons. The SMILES string of the molecule is COc1ccn2c(Cl)c(CO)nc2c1. The number of methoxy groups -OCH3 is 1. The quantitative estimate of drug-likeness (QED) is 0.821. The summed E-state index contributed by atoms with van der Waals surface area (Å²) in [6, 6.07) is 3.53. The second-order valence-electron chi connectivity index (χ2n) is 2.80. The zero-order valence-corrected chi connectivity index (χ0v) is 8.32. The summed E-state index contributed by atoms with van der Waals surface area (Å²) in [7, 11) is 1.59. The van der Waals surface area contributed by atoms with E-state index < -0.39 is 0 Å². The molecule has 0 amide bonds. The first-order valence-corrected chi connectivity index (χ1v) is 4.45. The molecule has 2 aromatic heterocycles. The fourth-order valence-corrected chi connectivity index (χ4v) is 1.52. The number of fused-ring (bicyclic) bond motifs is 1. The number of nitrogens with zero attached hydrogens (tertiary/aromatic N) is 2. The van der Waals surface area contributed by atoms with Gasteiger partial charge in [-0.15, -0.1) is 0 Å². The number of aliphatic hydroxyl groups excluding tert-OH is 1. The van der Waals surface area contributed by atoms with Crippen LogP contribution < -0.4 is 4.74 Å². The topological polar surface area (TPSA) is 46.8 Å². The Kier molecular flexibility index (Phi) is 2.31. The van der Waals surface area contributed by atoms with Crippen molar-refractivity contribution in [2.75, 3.05) is 7.11 Å². The molecule has 0 aliphatic carbocycles. The maximum atomic E-state index is 8.95. The van der Waals surface area contributed by atoms with E-state index in [0.29, 0.717) is 22.2 Å². The van der Waals surface area contributed by atoms with Crippen LogP contribution in [0.1, 0.15) is 5.69 Å². The van der Waals surface area contributed by atoms with Crippen LogP contribution in [0.3, 0.4) is 0 Å². The molecule has 2 rings (SSSR count).